The van der Waals surface area contributed by atoms with E-state index in [4.69, 9.17) is 4.98 Å². The van der Waals surface area contributed by atoms with Crippen LogP contribution in [0.25, 0.3) is 78.7 Å². The Hall–Kier alpha value is -8.15. The van der Waals surface area contributed by atoms with E-state index in [0.717, 1.165) is 50.3 Å². The molecule has 11 rings (SSSR count). The van der Waals surface area contributed by atoms with Gasteiger partial charge in [0.2, 0.25) is 0 Å². The summed E-state index contributed by atoms with van der Waals surface area (Å²) in [5, 5.41) is 0. The zero-order chi connectivity index (χ0) is 40.6. The molecule has 0 saturated heterocycles. The summed E-state index contributed by atoms with van der Waals surface area (Å²) in [6.45, 7) is 0. The molecule has 5 nitrogen and oxygen atoms in total. The molecule has 10 aromatic rings. The summed E-state index contributed by atoms with van der Waals surface area (Å²) in [4.78, 5) is 23.1. The van der Waals surface area contributed by atoms with Gasteiger partial charge in [0, 0.05) is 47.0 Å². The lowest BCUT2D eigenvalue weighted by Crippen LogP contribution is -2.28. The van der Waals surface area contributed by atoms with Gasteiger partial charge in [-0.15, -0.1) is 0 Å². The van der Waals surface area contributed by atoms with E-state index < -0.39 is 5.41 Å². The van der Waals surface area contributed by atoms with E-state index in [-0.39, 0.29) is 0 Å². The quantitative estimate of drug-likeness (QED) is 0.154. The Morgan fingerprint density at radius 3 is 1.21 bits per heavy atom. The molecule has 0 spiro atoms. The number of pyridine rings is 1. The molecule has 0 amide bonds. The highest BCUT2D eigenvalue weighted by atomic mass is 14.9. The molecule has 0 unspecified atom stereocenters. The van der Waals surface area contributed by atoms with Crippen LogP contribution in [-0.4, -0.2) is 24.9 Å². The van der Waals surface area contributed by atoms with Crippen molar-refractivity contribution in [3.05, 3.63) is 247 Å². The van der Waals surface area contributed by atoms with Crippen LogP contribution in [0.5, 0.6) is 0 Å². The number of hydrogen-bond acceptors (Lipinski definition) is 5. The van der Waals surface area contributed by atoms with Gasteiger partial charge in [-0.25, -0.2) is 24.9 Å². The maximum atomic E-state index is 5.27. The molecule has 3 aromatic heterocycles. The van der Waals surface area contributed by atoms with Crippen molar-refractivity contribution in [2.45, 2.75) is 5.41 Å². The van der Waals surface area contributed by atoms with Crippen molar-refractivity contribution in [1.29, 1.82) is 0 Å². The van der Waals surface area contributed by atoms with E-state index in [1.807, 2.05) is 12.1 Å². The Bertz CT molecular complexity index is 2990. The highest BCUT2D eigenvalue weighted by Gasteiger charge is 2.46. The summed E-state index contributed by atoms with van der Waals surface area (Å²) in [6, 6.07) is 71.3. The summed E-state index contributed by atoms with van der Waals surface area (Å²) < 4.78 is 0. The van der Waals surface area contributed by atoms with Gasteiger partial charge < -0.3 is 0 Å². The average Bonchev–Trinajstić information content (AvgIpc) is 3.65. The lowest BCUT2D eigenvalue weighted by Gasteiger charge is -2.34. The van der Waals surface area contributed by atoms with Gasteiger partial charge in [-0.2, -0.15) is 0 Å². The van der Waals surface area contributed by atoms with Gasteiger partial charge in [-0.1, -0.05) is 170 Å². The highest BCUT2D eigenvalue weighted by Crippen LogP contribution is 2.56. The molecule has 61 heavy (non-hydrogen) atoms. The normalized spacial score (nSPS) is 12.4. The second-order valence-corrected chi connectivity index (χ2v) is 15.3. The molecule has 0 saturated carbocycles. The first-order valence-corrected chi connectivity index (χ1v) is 20.5. The fourth-order valence-electron chi connectivity index (χ4n) is 8.95. The van der Waals surface area contributed by atoms with Crippen molar-refractivity contribution >= 4 is 0 Å². The van der Waals surface area contributed by atoms with E-state index in [0.29, 0.717) is 11.6 Å². The smallest absolute Gasteiger partial charge is 0.159 e. The summed E-state index contributed by atoms with van der Waals surface area (Å²) in [5.74, 6) is 1.39. The van der Waals surface area contributed by atoms with Crippen molar-refractivity contribution in [3.8, 4) is 78.7 Å². The van der Waals surface area contributed by atoms with Crippen molar-refractivity contribution in [2.75, 3.05) is 0 Å². The van der Waals surface area contributed by atoms with Gasteiger partial charge in [0.1, 0.15) is 0 Å². The molecule has 0 atom stereocenters. The summed E-state index contributed by atoms with van der Waals surface area (Å²) in [6.07, 6.45) is 7.06. The zero-order valence-corrected chi connectivity index (χ0v) is 33.1. The predicted molar refractivity (Wildman–Crippen MR) is 245 cm³/mol. The first-order chi connectivity index (χ1) is 30.2. The number of aromatic nitrogens is 5. The van der Waals surface area contributed by atoms with Gasteiger partial charge >= 0.3 is 0 Å². The SMILES string of the molecule is c1ccc(C2(c3ccccc3)c3ccccc3-c3ccc(-c4ccc(-c5cc(-c6ccc(-c7ncccn7)cc6)cc(-c6ccc(-c7ncccn7)cc6)n5)cc4)cc32)cc1. The molecule has 0 N–H and O–H groups in total. The molecule has 1 aliphatic carbocycles. The zero-order valence-electron chi connectivity index (χ0n) is 33.1. The predicted octanol–water partition coefficient (Wildman–Crippen LogP) is 13.0. The van der Waals surface area contributed by atoms with Crippen LogP contribution < -0.4 is 0 Å². The Kier molecular flexibility index (Phi) is 8.98. The van der Waals surface area contributed by atoms with Gasteiger partial charge in [0.15, 0.2) is 11.6 Å². The number of nitrogens with zero attached hydrogens (tertiary/aromatic N) is 5. The Balaban J connectivity index is 0.996. The van der Waals surface area contributed by atoms with Crippen molar-refractivity contribution in [2.24, 2.45) is 0 Å². The molecular formula is C56H37N5. The summed E-state index contributed by atoms with van der Waals surface area (Å²) in [5.41, 5.74) is 17.4. The fourth-order valence-corrected chi connectivity index (χ4v) is 8.95. The Morgan fingerprint density at radius 1 is 0.279 bits per heavy atom. The molecule has 0 bridgehead atoms. The lowest BCUT2D eigenvalue weighted by atomic mass is 9.67. The number of benzene rings is 7. The third kappa shape index (κ3) is 6.40. The van der Waals surface area contributed by atoms with Crippen LogP contribution in [0, 0.1) is 0 Å². The highest BCUT2D eigenvalue weighted by molar-refractivity contribution is 5.89. The minimum absolute atomic E-state index is 0.455. The fraction of sp³-hybridized carbons (Fsp3) is 0.0179. The Morgan fingerprint density at radius 2 is 0.689 bits per heavy atom. The minimum atomic E-state index is -0.455. The molecule has 1 aliphatic rings. The molecule has 0 aliphatic heterocycles. The molecule has 0 fully saturated rings. The molecule has 286 valence electrons. The van der Waals surface area contributed by atoms with Crippen LogP contribution in [0.3, 0.4) is 0 Å². The first-order valence-electron chi connectivity index (χ1n) is 20.5. The maximum absolute atomic E-state index is 5.27. The standard InChI is InChI=1S/C56H37N5/c1-3-11-46(12-4-1)56(47-13-5-2-6-14-47)50-16-8-7-15-48(50)49-30-29-44(35-51(49)56)38-17-21-40(22-18-38)52-36-45(39-19-25-42(26-20-39)54-57-31-9-32-58-54)37-53(61-52)41-23-27-43(28-24-41)55-59-33-10-34-60-55/h1-37H. The largest absolute Gasteiger partial charge is 0.248 e. The van der Waals surface area contributed by atoms with E-state index >= 15 is 0 Å². The van der Waals surface area contributed by atoms with Crippen LogP contribution in [0.15, 0.2) is 225 Å². The minimum Gasteiger partial charge on any atom is -0.248 e. The van der Waals surface area contributed by atoms with Crippen LogP contribution in [-0.2, 0) is 5.41 Å². The molecule has 5 heteroatoms. The summed E-state index contributed by atoms with van der Waals surface area (Å²) >= 11 is 0. The van der Waals surface area contributed by atoms with Gasteiger partial charge in [0.25, 0.3) is 0 Å². The van der Waals surface area contributed by atoms with Crippen molar-refractivity contribution in [1.82, 2.24) is 24.9 Å². The van der Waals surface area contributed by atoms with Crippen molar-refractivity contribution < 1.29 is 0 Å². The lowest BCUT2D eigenvalue weighted by molar-refractivity contribution is 0.769. The van der Waals surface area contributed by atoms with Gasteiger partial charge in [0.05, 0.1) is 16.8 Å². The third-order valence-electron chi connectivity index (χ3n) is 11.8. The number of rotatable bonds is 8. The van der Waals surface area contributed by atoms with E-state index in [1.54, 1.807) is 24.8 Å². The van der Waals surface area contributed by atoms with Crippen LogP contribution >= 0.6 is 0 Å². The summed E-state index contributed by atoms with van der Waals surface area (Å²) in [7, 11) is 0. The van der Waals surface area contributed by atoms with Gasteiger partial charge in [-0.05, 0) is 86.0 Å². The molecular weight excluding hydrogens is 743 g/mol. The Labute approximate surface area is 354 Å². The van der Waals surface area contributed by atoms with E-state index in [9.17, 15) is 0 Å². The average molecular weight is 780 g/mol. The van der Waals surface area contributed by atoms with Crippen LogP contribution in [0.2, 0.25) is 0 Å². The molecule has 7 aromatic carbocycles. The third-order valence-corrected chi connectivity index (χ3v) is 11.8. The monoisotopic (exact) mass is 779 g/mol. The van der Waals surface area contributed by atoms with Crippen LogP contribution in [0.4, 0.5) is 0 Å². The molecule has 3 heterocycles. The van der Waals surface area contributed by atoms with Gasteiger partial charge in [-0.3, -0.25) is 0 Å². The second kappa shape index (κ2) is 15.2. The van der Waals surface area contributed by atoms with Crippen molar-refractivity contribution in [3.63, 3.8) is 0 Å². The van der Waals surface area contributed by atoms with E-state index in [1.165, 1.54) is 38.9 Å². The molecule has 0 radical (unpaired) electrons. The number of hydrogen-bond donors (Lipinski definition) is 0. The topological polar surface area (TPSA) is 64.5 Å². The second-order valence-electron chi connectivity index (χ2n) is 15.3. The van der Waals surface area contributed by atoms with Crippen LogP contribution in [0.1, 0.15) is 22.3 Å². The maximum Gasteiger partial charge on any atom is 0.159 e. The van der Waals surface area contributed by atoms with E-state index in [2.05, 4.69) is 208 Å². The number of fused-ring (bicyclic) bond motifs is 3. The first kappa shape index (κ1) is 36.0.